The Bertz CT molecular complexity index is 422. The molecule has 0 bridgehead atoms. The van der Waals surface area contributed by atoms with Gasteiger partial charge in [-0.15, -0.1) is 0 Å². The summed E-state index contributed by atoms with van der Waals surface area (Å²) in [5.74, 6) is 0.350. The third-order valence-electron chi connectivity index (χ3n) is 4.49. The molecule has 23 heavy (non-hydrogen) atoms. The summed E-state index contributed by atoms with van der Waals surface area (Å²) in [4.78, 5) is 40.3. The number of ketones is 2. The average Bonchev–Trinajstić information content (AvgIpc) is 2.94. The molecule has 1 fully saturated rings. The first-order valence-electron chi connectivity index (χ1n) is 8.71. The molecule has 132 valence electrons. The molecule has 5 nitrogen and oxygen atoms in total. The van der Waals surface area contributed by atoms with Crippen molar-refractivity contribution in [1.82, 2.24) is 9.80 Å². The third kappa shape index (κ3) is 5.72. The van der Waals surface area contributed by atoms with Crippen LogP contribution < -0.4 is 0 Å². The molecule has 1 heterocycles. The molecule has 0 aromatic heterocycles. The fraction of sp³-hybridized carbons (Fsp3) is 0.833. The maximum Gasteiger partial charge on any atom is 0.225 e. The lowest BCUT2D eigenvalue weighted by Gasteiger charge is -2.29. The van der Waals surface area contributed by atoms with E-state index in [0.29, 0.717) is 26.2 Å². The minimum atomic E-state index is -0.0403. The van der Waals surface area contributed by atoms with Crippen molar-refractivity contribution < 1.29 is 14.4 Å². The lowest BCUT2D eigenvalue weighted by molar-refractivity contribution is -0.133. The summed E-state index contributed by atoms with van der Waals surface area (Å²) in [6, 6.07) is 0.100. The van der Waals surface area contributed by atoms with Crippen molar-refractivity contribution in [1.29, 1.82) is 0 Å². The quantitative estimate of drug-likeness (QED) is 0.685. The van der Waals surface area contributed by atoms with E-state index in [1.807, 2.05) is 51.3 Å². The molecule has 1 saturated heterocycles. The minimum absolute atomic E-state index is 0.0169. The number of hydrogen-bond donors (Lipinski definition) is 0. The van der Waals surface area contributed by atoms with Crippen molar-refractivity contribution in [3.05, 3.63) is 0 Å². The normalized spacial score (nSPS) is 18.5. The molecule has 1 aliphatic rings. The van der Waals surface area contributed by atoms with Gasteiger partial charge in [-0.3, -0.25) is 19.3 Å². The minimum Gasteiger partial charge on any atom is -0.341 e. The van der Waals surface area contributed by atoms with E-state index in [9.17, 15) is 14.4 Å². The maximum atomic E-state index is 12.2. The molecule has 1 aliphatic heterocycles. The lowest BCUT2D eigenvalue weighted by atomic mass is 10.0. The van der Waals surface area contributed by atoms with E-state index in [-0.39, 0.29) is 41.3 Å². The smallest absolute Gasteiger partial charge is 0.225 e. The Morgan fingerprint density at radius 1 is 0.913 bits per heavy atom. The second kappa shape index (κ2) is 8.57. The topological polar surface area (TPSA) is 57.7 Å². The lowest BCUT2D eigenvalue weighted by Crippen LogP contribution is -2.46. The Kier molecular flexibility index (Phi) is 7.39. The van der Waals surface area contributed by atoms with Crippen molar-refractivity contribution in [3.8, 4) is 0 Å². The summed E-state index contributed by atoms with van der Waals surface area (Å²) in [6.45, 7) is 13.3. The Hall–Kier alpha value is -1.23. The summed E-state index contributed by atoms with van der Waals surface area (Å²) in [7, 11) is 0. The predicted octanol–water partition coefficient (Wildman–Crippen LogP) is 2.00. The number of nitrogens with zero attached hydrogens (tertiary/aromatic N) is 2. The van der Waals surface area contributed by atoms with Gasteiger partial charge >= 0.3 is 0 Å². The van der Waals surface area contributed by atoms with Crippen LogP contribution in [0.15, 0.2) is 0 Å². The fourth-order valence-corrected chi connectivity index (χ4v) is 2.68. The van der Waals surface area contributed by atoms with Crippen LogP contribution in [-0.4, -0.2) is 59.5 Å². The van der Waals surface area contributed by atoms with Gasteiger partial charge in [0.15, 0.2) is 0 Å². The van der Waals surface area contributed by atoms with Crippen LogP contribution in [0, 0.1) is 17.8 Å². The Balaban J connectivity index is 2.78. The number of likely N-dealkylation sites (tertiary alicyclic amines) is 1. The summed E-state index contributed by atoms with van der Waals surface area (Å²) in [5.41, 5.74) is 0. The Morgan fingerprint density at radius 3 is 1.78 bits per heavy atom. The van der Waals surface area contributed by atoms with Crippen molar-refractivity contribution in [2.75, 3.05) is 26.2 Å². The van der Waals surface area contributed by atoms with Crippen LogP contribution in [0.5, 0.6) is 0 Å². The van der Waals surface area contributed by atoms with Gasteiger partial charge in [-0.2, -0.15) is 0 Å². The third-order valence-corrected chi connectivity index (χ3v) is 4.49. The number of carbonyl (C=O) groups is 3. The molecule has 1 amide bonds. The molecule has 0 radical (unpaired) electrons. The number of carbonyl (C=O) groups excluding carboxylic acids is 3. The van der Waals surface area contributed by atoms with Crippen LogP contribution in [0.25, 0.3) is 0 Å². The monoisotopic (exact) mass is 324 g/mol. The van der Waals surface area contributed by atoms with E-state index < -0.39 is 0 Å². The molecule has 0 saturated carbocycles. The molecule has 0 aliphatic carbocycles. The van der Waals surface area contributed by atoms with Crippen molar-refractivity contribution >= 4 is 17.5 Å². The van der Waals surface area contributed by atoms with Gasteiger partial charge in [0.2, 0.25) is 5.91 Å². The SMILES string of the molecule is CC(C)C(=O)CN(CC(=O)C(C)C)C1CCN(C(=O)C(C)C)C1. The van der Waals surface area contributed by atoms with Crippen LogP contribution in [0.1, 0.15) is 48.0 Å². The van der Waals surface area contributed by atoms with E-state index in [1.165, 1.54) is 0 Å². The van der Waals surface area contributed by atoms with Gasteiger partial charge in [0, 0.05) is 36.9 Å². The first-order chi connectivity index (χ1) is 10.6. The zero-order chi connectivity index (χ0) is 17.7. The van der Waals surface area contributed by atoms with Crippen molar-refractivity contribution in [2.24, 2.45) is 17.8 Å². The van der Waals surface area contributed by atoms with Crippen molar-refractivity contribution in [2.45, 2.75) is 54.0 Å². The van der Waals surface area contributed by atoms with E-state index in [1.54, 1.807) is 0 Å². The fourth-order valence-electron chi connectivity index (χ4n) is 2.68. The molecule has 0 aromatic rings. The van der Waals surface area contributed by atoms with Crippen LogP contribution in [0.3, 0.4) is 0 Å². The predicted molar refractivity (Wildman–Crippen MR) is 91.1 cm³/mol. The molecular weight excluding hydrogens is 292 g/mol. The van der Waals surface area contributed by atoms with Gasteiger partial charge in [0.05, 0.1) is 13.1 Å². The molecule has 1 rings (SSSR count). The Morgan fingerprint density at radius 2 is 1.39 bits per heavy atom. The standard InChI is InChI=1S/C18H32N2O3/c1-12(2)16(21)10-20(11-17(22)13(3)4)15-7-8-19(9-15)18(23)14(5)6/h12-15H,7-11H2,1-6H3. The van der Waals surface area contributed by atoms with Crippen LogP contribution in [-0.2, 0) is 14.4 Å². The van der Waals surface area contributed by atoms with Gasteiger partial charge < -0.3 is 4.90 Å². The summed E-state index contributed by atoms with van der Waals surface area (Å²) < 4.78 is 0. The van der Waals surface area contributed by atoms with Gasteiger partial charge in [-0.05, 0) is 6.42 Å². The van der Waals surface area contributed by atoms with Crippen molar-refractivity contribution in [3.63, 3.8) is 0 Å². The molecule has 0 spiro atoms. The molecule has 1 atom stereocenters. The highest BCUT2D eigenvalue weighted by Crippen LogP contribution is 2.19. The van der Waals surface area contributed by atoms with Gasteiger partial charge in [-0.1, -0.05) is 41.5 Å². The van der Waals surface area contributed by atoms with Gasteiger partial charge in [0.1, 0.15) is 11.6 Å². The van der Waals surface area contributed by atoms with Crippen LogP contribution in [0.4, 0.5) is 0 Å². The summed E-state index contributed by atoms with van der Waals surface area (Å²) in [5, 5.41) is 0. The average molecular weight is 324 g/mol. The zero-order valence-electron chi connectivity index (χ0n) is 15.5. The number of amides is 1. The van der Waals surface area contributed by atoms with Crippen LogP contribution in [0.2, 0.25) is 0 Å². The number of Topliss-reactive ketones (excluding diaryl/α,β-unsaturated/α-hetero) is 2. The Labute approximate surface area is 140 Å². The highest BCUT2D eigenvalue weighted by atomic mass is 16.2. The number of hydrogen-bond acceptors (Lipinski definition) is 4. The zero-order valence-corrected chi connectivity index (χ0v) is 15.5. The van der Waals surface area contributed by atoms with E-state index in [2.05, 4.69) is 0 Å². The summed E-state index contributed by atoms with van der Waals surface area (Å²) >= 11 is 0. The second-order valence-electron chi connectivity index (χ2n) is 7.53. The van der Waals surface area contributed by atoms with E-state index >= 15 is 0 Å². The largest absolute Gasteiger partial charge is 0.341 e. The molecule has 1 unspecified atom stereocenters. The molecule has 0 N–H and O–H groups in total. The van der Waals surface area contributed by atoms with Crippen LogP contribution >= 0.6 is 0 Å². The molecule has 0 aromatic carbocycles. The maximum absolute atomic E-state index is 12.2. The first kappa shape index (κ1) is 19.8. The molecular formula is C18H32N2O3. The highest BCUT2D eigenvalue weighted by molar-refractivity contribution is 5.85. The second-order valence-corrected chi connectivity index (χ2v) is 7.53. The van der Waals surface area contributed by atoms with Gasteiger partial charge in [-0.25, -0.2) is 0 Å². The van der Waals surface area contributed by atoms with E-state index in [4.69, 9.17) is 0 Å². The highest BCUT2D eigenvalue weighted by Gasteiger charge is 2.33. The van der Waals surface area contributed by atoms with E-state index in [0.717, 1.165) is 6.42 Å². The van der Waals surface area contributed by atoms with Gasteiger partial charge in [0.25, 0.3) is 0 Å². The summed E-state index contributed by atoms with van der Waals surface area (Å²) in [6.07, 6.45) is 0.829. The molecule has 5 heteroatoms. The first-order valence-corrected chi connectivity index (χ1v) is 8.71. The number of rotatable bonds is 8.